The van der Waals surface area contributed by atoms with E-state index < -0.39 is 18.8 Å². The number of carbonyl (C=O) groups excluding carboxylic acids is 1. The first-order valence-electron chi connectivity index (χ1n) is 8.69. The van der Waals surface area contributed by atoms with Crippen LogP contribution in [0.1, 0.15) is 5.69 Å². The number of rotatable bonds is 7. The zero-order valence-electron chi connectivity index (χ0n) is 15.5. The van der Waals surface area contributed by atoms with Gasteiger partial charge in [0.25, 0.3) is 0 Å². The number of hydrogen-bond acceptors (Lipinski definition) is 4. The van der Waals surface area contributed by atoms with E-state index in [4.69, 9.17) is 9.47 Å². The second kappa shape index (κ2) is 8.72. The quantitative estimate of drug-likeness (QED) is 0.626. The molecule has 0 saturated heterocycles. The van der Waals surface area contributed by atoms with Crippen LogP contribution in [0.4, 0.5) is 23.7 Å². The molecular weight excluding hydrogens is 389 g/mol. The number of amides is 2. The maximum Gasteiger partial charge on any atom is 0.422 e. The number of carbonyl (C=O) groups is 1. The highest BCUT2D eigenvalue weighted by Gasteiger charge is 2.29. The van der Waals surface area contributed by atoms with Crippen molar-refractivity contribution in [2.24, 2.45) is 0 Å². The highest BCUT2D eigenvalue weighted by molar-refractivity contribution is 5.89. The number of hydrogen-bond donors (Lipinski definition) is 2. The van der Waals surface area contributed by atoms with E-state index >= 15 is 0 Å². The van der Waals surface area contributed by atoms with E-state index in [0.717, 1.165) is 11.3 Å². The van der Waals surface area contributed by atoms with Crippen LogP contribution in [0.3, 0.4) is 0 Å². The average Bonchev–Trinajstić information content (AvgIpc) is 3.08. The Labute approximate surface area is 164 Å². The predicted octanol–water partition coefficient (Wildman–Crippen LogP) is 3.65. The maximum atomic E-state index is 12.4. The molecule has 2 aromatic heterocycles. The number of halogens is 3. The molecule has 0 aliphatic carbocycles. The van der Waals surface area contributed by atoms with Crippen LogP contribution in [-0.4, -0.2) is 41.9 Å². The molecule has 0 aliphatic heterocycles. The van der Waals surface area contributed by atoms with Crippen LogP contribution in [0.2, 0.25) is 0 Å². The lowest BCUT2D eigenvalue weighted by atomic mass is 10.2. The first kappa shape index (κ1) is 20.3. The second-order valence-electron chi connectivity index (χ2n) is 6.10. The summed E-state index contributed by atoms with van der Waals surface area (Å²) in [5, 5.41) is 5.23. The van der Waals surface area contributed by atoms with Crippen molar-refractivity contribution in [3.8, 4) is 11.5 Å². The van der Waals surface area contributed by atoms with E-state index in [-0.39, 0.29) is 17.2 Å². The first-order valence-corrected chi connectivity index (χ1v) is 8.69. The molecule has 0 spiro atoms. The van der Waals surface area contributed by atoms with Crippen molar-refractivity contribution in [1.29, 1.82) is 0 Å². The fourth-order valence-corrected chi connectivity index (χ4v) is 2.61. The third-order valence-electron chi connectivity index (χ3n) is 3.89. The van der Waals surface area contributed by atoms with E-state index in [1.165, 1.54) is 25.3 Å². The lowest BCUT2D eigenvalue weighted by molar-refractivity contribution is -0.153. The Kier molecular flexibility index (Phi) is 6.10. The van der Waals surface area contributed by atoms with Gasteiger partial charge in [-0.3, -0.25) is 0 Å². The van der Waals surface area contributed by atoms with Gasteiger partial charge in [0, 0.05) is 37.1 Å². The molecule has 0 bridgehead atoms. The topological polar surface area (TPSA) is 76.9 Å². The van der Waals surface area contributed by atoms with Crippen LogP contribution < -0.4 is 20.1 Å². The second-order valence-corrected chi connectivity index (χ2v) is 6.10. The molecule has 2 amide bonds. The largest absolute Gasteiger partial charge is 0.493 e. The van der Waals surface area contributed by atoms with Crippen molar-refractivity contribution in [2.45, 2.75) is 12.6 Å². The van der Waals surface area contributed by atoms with Crippen molar-refractivity contribution in [3.05, 3.63) is 54.5 Å². The molecule has 2 N–H and O–H groups in total. The Morgan fingerprint density at radius 3 is 2.76 bits per heavy atom. The Bertz CT molecular complexity index is 955. The van der Waals surface area contributed by atoms with Gasteiger partial charge in [0.2, 0.25) is 0 Å². The molecule has 29 heavy (non-hydrogen) atoms. The standard InChI is InChI=1S/C19H19F3N4O3/c1-28-15-6-5-13(10-16(15)29-12-19(20,21)22)25-18(27)23-8-7-14-11-26-9-3-2-4-17(26)24-14/h2-6,9-11H,7-8,12H2,1H3,(H2,23,25,27). The summed E-state index contributed by atoms with van der Waals surface area (Å²) in [4.78, 5) is 16.5. The van der Waals surface area contributed by atoms with Crippen molar-refractivity contribution in [3.63, 3.8) is 0 Å². The molecule has 0 radical (unpaired) electrons. The normalized spacial score (nSPS) is 11.3. The molecule has 0 saturated carbocycles. The van der Waals surface area contributed by atoms with E-state index in [9.17, 15) is 18.0 Å². The monoisotopic (exact) mass is 408 g/mol. The van der Waals surface area contributed by atoms with Gasteiger partial charge in [0.15, 0.2) is 18.1 Å². The fraction of sp³-hybridized carbons (Fsp3) is 0.263. The molecule has 10 heteroatoms. The highest BCUT2D eigenvalue weighted by atomic mass is 19.4. The van der Waals surface area contributed by atoms with Gasteiger partial charge in [-0.25, -0.2) is 9.78 Å². The van der Waals surface area contributed by atoms with Gasteiger partial charge < -0.3 is 24.5 Å². The van der Waals surface area contributed by atoms with Gasteiger partial charge in [0.1, 0.15) is 5.65 Å². The Morgan fingerprint density at radius 2 is 2.03 bits per heavy atom. The van der Waals surface area contributed by atoms with E-state index in [1.54, 1.807) is 0 Å². The molecular formula is C19H19F3N4O3. The van der Waals surface area contributed by atoms with Crippen LogP contribution >= 0.6 is 0 Å². The lowest BCUT2D eigenvalue weighted by Crippen LogP contribution is -2.30. The molecule has 0 aliphatic rings. The number of nitrogens with one attached hydrogen (secondary N) is 2. The van der Waals surface area contributed by atoms with Crippen molar-refractivity contribution in [1.82, 2.24) is 14.7 Å². The molecule has 0 unspecified atom stereocenters. The summed E-state index contributed by atoms with van der Waals surface area (Å²) in [6.45, 7) is -1.12. The summed E-state index contributed by atoms with van der Waals surface area (Å²) >= 11 is 0. The fourth-order valence-electron chi connectivity index (χ4n) is 2.61. The van der Waals surface area contributed by atoms with Crippen LogP contribution in [0.25, 0.3) is 5.65 Å². The SMILES string of the molecule is COc1ccc(NC(=O)NCCc2cn3ccccc3n2)cc1OCC(F)(F)F. The summed E-state index contributed by atoms with van der Waals surface area (Å²) in [6, 6.07) is 9.35. The summed E-state index contributed by atoms with van der Waals surface area (Å²) in [7, 11) is 1.31. The van der Waals surface area contributed by atoms with Crippen LogP contribution in [-0.2, 0) is 6.42 Å². The minimum Gasteiger partial charge on any atom is -0.493 e. The Balaban J connectivity index is 1.54. The van der Waals surface area contributed by atoms with Gasteiger partial charge >= 0.3 is 12.2 Å². The van der Waals surface area contributed by atoms with Crippen LogP contribution in [0.15, 0.2) is 48.8 Å². The van der Waals surface area contributed by atoms with Crippen molar-refractivity contribution < 1.29 is 27.4 Å². The minimum absolute atomic E-state index is 0.118. The predicted molar refractivity (Wildman–Crippen MR) is 100 cm³/mol. The first-order chi connectivity index (χ1) is 13.8. The number of fused-ring (bicyclic) bond motifs is 1. The number of imidazole rings is 1. The summed E-state index contributed by atoms with van der Waals surface area (Å²) in [5.74, 6) is 0.0133. The lowest BCUT2D eigenvalue weighted by Gasteiger charge is -2.14. The molecule has 3 aromatic rings. The van der Waals surface area contributed by atoms with E-state index in [0.29, 0.717) is 13.0 Å². The number of urea groups is 1. The molecule has 0 fully saturated rings. The number of pyridine rings is 1. The van der Waals surface area contributed by atoms with Gasteiger partial charge in [-0.15, -0.1) is 0 Å². The van der Waals surface area contributed by atoms with Gasteiger partial charge in [-0.05, 0) is 24.3 Å². The number of aromatic nitrogens is 2. The number of ether oxygens (including phenoxy) is 2. The number of methoxy groups -OCH3 is 1. The van der Waals surface area contributed by atoms with Gasteiger partial charge in [-0.1, -0.05) is 6.07 Å². The number of benzene rings is 1. The minimum atomic E-state index is -4.48. The summed E-state index contributed by atoms with van der Waals surface area (Å²) in [5.41, 5.74) is 1.91. The third kappa shape index (κ3) is 5.77. The average molecular weight is 408 g/mol. The zero-order chi connectivity index (χ0) is 20.9. The van der Waals surface area contributed by atoms with E-state index in [2.05, 4.69) is 15.6 Å². The smallest absolute Gasteiger partial charge is 0.422 e. The van der Waals surface area contributed by atoms with E-state index in [1.807, 2.05) is 35.0 Å². The number of nitrogens with zero attached hydrogens (tertiary/aromatic N) is 2. The molecule has 154 valence electrons. The molecule has 1 aromatic carbocycles. The Morgan fingerprint density at radius 1 is 1.21 bits per heavy atom. The molecule has 7 nitrogen and oxygen atoms in total. The Hall–Kier alpha value is -3.43. The maximum absolute atomic E-state index is 12.4. The van der Waals surface area contributed by atoms with Crippen molar-refractivity contribution >= 4 is 17.4 Å². The number of anilines is 1. The third-order valence-corrected chi connectivity index (χ3v) is 3.89. The molecule has 0 atom stereocenters. The molecule has 2 heterocycles. The van der Waals surface area contributed by atoms with Gasteiger partial charge in [0.05, 0.1) is 12.8 Å². The molecule has 3 rings (SSSR count). The number of alkyl halides is 3. The zero-order valence-corrected chi connectivity index (χ0v) is 15.5. The summed E-state index contributed by atoms with van der Waals surface area (Å²) in [6.07, 6.45) is -0.196. The van der Waals surface area contributed by atoms with Crippen molar-refractivity contribution in [2.75, 3.05) is 25.6 Å². The highest BCUT2D eigenvalue weighted by Crippen LogP contribution is 2.31. The van der Waals surface area contributed by atoms with Crippen LogP contribution in [0, 0.1) is 0 Å². The summed E-state index contributed by atoms with van der Waals surface area (Å²) < 4.78 is 48.8. The van der Waals surface area contributed by atoms with Crippen LogP contribution in [0.5, 0.6) is 11.5 Å². The van der Waals surface area contributed by atoms with Gasteiger partial charge in [-0.2, -0.15) is 13.2 Å².